The lowest BCUT2D eigenvalue weighted by Gasteiger charge is -2.37. The number of ether oxygens (including phenoxy) is 3. The number of hydrogen-bond acceptors (Lipinski definition) is 8. The standard InChI is InChI=1S/C31H47N5O5.3ClH/c1-39-23-28-5-2-10-36(28)27-6-7-29-26(18-27)20-32-21-31(38)35-11-8-24(25(22-35)4-3-15-41-29)19-30(37)33-9-12-34-13-16-40-17-14-34;;;/h3-4,6-7,18,24-25,28,32H,2,5,8-17,19-23H2,1H3,(H,33,37);3*1H/b4-3+;;;/t24-,25-,28-;;;/m0.../s1. The molecule has 0 spiro atoms. The van der Waals surface area contributed by atoms with Gasteiger partial charge in [0.05, 0.1) is 32.4 Å². The molecule has 2 amide bonds. The monoisotopic (exact) mass is 677 g/mol. The molecule has 10 nitrogen and oxygen atoms in total. The zero-order valence-corrected chi connectivity index (χ0v) is 28.2. The maximum Gasteiger partial charge on any atom is 0.236 e. The van der Waals surface area contributed by atoms with Crippen LogP contribution in [0.1, 0.15) is 31.2 Å². The Morgan fingerprint density at radius 2 is 1.91 bits per heavy atom. The summed E-state index contributed by atoms with van der Waals surface area (Å²) < 4.78 is 17.1. The second-order valence-corrected chi connectivity index (χ2v) is 11.6. The molecule has 3 saturated heterocycles. The highest BCUT2D eigenvalue weighted by Crippen LogP contribution is 2.31. The van der Waals surface area contributed by atoms with Crippen LogP contribution in [0.5, 0.6) is 5.75 Å². The summed E-state index contributed by atoms with van der Waals surface area (Å²) in [5.74, 6) is 1.35. The van der Waals surface area contributed by atoms with E-state index in [1.54, 1.807) is 7.11 Å². The van der Waals surface area contributed by atoms with E-state index in [9.17, 15) is 9.59 Å². The number of nitrogens with zero attached hydrogens (tertiary/aromatic N) is 3. The van der Waals surface area contributed by atoms with Crippen LogP contribution in [0.15, 0.2) is 30.4 Å². The first-order valence-electron chi connectivity index (χ1n) is 15.3. The molecule has 44 heavy (non-hydrogen) atoms. The third kappa shape index (κ3) is 10.6. The number of carbonyl (C=O) groups excluding carboxylic acids is 2. The number of rotatable bonds is 8. The molecule has 0 aromatic heterocycles. The quantitative estimate of drug-likeness (QED) is 0.406. The summed E-state index contributed by atoms with van der Waals surface area (Å²) in [6, 6.07) is 6.76. The molecule has 0 radical (unpaired) electrons. The van der Waals surface area contributed by atoms with Gasteiger partial charge in [-0.2, -0.15) is 0 Å². The number of anilines is 1. The van der Waals surface area contributed by atoms with E-state index in [2.05, 4.69) is 50.8 Å². The number of benzene rings is 1. The molecule has 5 rings (SSSR count). The van der Waals surface area contributed by atoms with Gasteiger partial charge in [-0.05, 0) is 49.3 Å². The Labute approximate surface area is 280 Å². The fourth-order valence-corrected chi connectivity index (χ4v) is 6.57. The Morgan fingerprint density at radius 1 is 1.09 bits per heavy atom. The number of amides is 2. The van der Waals surface area contributed by atoms with Crippen molar-refractivity contribution < 1.29 is 23.8 Å². The Hall–Kier alpha value is -1.79. The van der Waals surface area contributed by atoms with E-state index in [4.69, 9.17) is 14.2 Å². The molecule has 4 aliphatic heterocycles. The van der Waals surface area contributed by atoms with Crippen molar-refractivity contribution in [3.05, 3.63) is 35.9 Å². The molecule has 0 unspecified atom stereocenters. The SMILES string of the molecule is COC[C@@H]1CCCN1c1ccc2c(c1)CNCC(=O)N1CC[C@@H](CC(=O)NCCN3CCOCC3)[C@@H](/C=C/CO2)C1.Cl.Cl.Cl. The van der Waals surface area contributed by atoms with E-state index in [1.165, 1.54) is 5.69 Å². The van der Waals surface area contributed by atoms with E-state index in [0.717, 1.165) is 76.6 Å². The van der Waals surface area contributed by atoms with Crippen LogP contribution < -0.4 is 20.3 Å². The first-order valence-corrected chi connectivity index (χ1v) is 15.3. The molecular weight excluding hydrogens is 629 g/mol. The fourth-order valence-electron chi connectivity index (χ4n) is 6.57. The van der Waals surface area contributed by atoms with Crippen LogP contribution in [-0.4, -0.2) is 114 Å². The average Bonchev–Trinajstić information content (AvgIpc) is 3.45. The molecule has 4 aliphatic rings. The van der Waals surface area contributed by atoms with Gasteiger partial charge in [0.25, 0.3) is 0 Å². The molecule has 2 N–H and O–H groups in total. The summed E-state index contributed by atoms with van der Waals surface area (Å²) >= 11 is 0. The van der Waals surface area contributed by atoms with E-state index in [-0.39, 0.29) is 67.4 Å². The number of morpholine rings is 1. The Bertz CT molecular complexity index is 1060. The van der Waals surface area contributed by atoms with Gasteiger partial charge in [0.2, 0.25) is 11.8 Å². The summed E-state index contributed by atoms with van der Waals surface area (Å²) in [4.78, 5) is 32.6. The Kier molecular flexibility index (Phi) is 17.2. The van der Waals surface area contributed by atoms with Crippen molar-refractivity contribution in [2.24, 2.45) is 11.8 Å². The van der Waals surface area contributed by atoms with Crippen molar-refractivity contribution in [2.75, 3.05) is 90.8 Å². The molecule has 250 valence electrons. The average molecular weight is 679 g/mol. The van der Waals surface area contributed by atoms with Crippen molar-refractivity contribution in [2.45, 2.75) is 38.3 Å². The normalized spacial score (nSPS) is 24.9. The van der Waals surface area contributed by atoms with Gasteiger partial charge in [-0.1, -0.05) is 12.2 Å². The van der Waals surface area contributed by atoms with E-state index >= 15 is 0 Å². The van der Waals surface area contributed by atoms with Gasteiger partial charge in [0.15, 0.2) is 0 Å². The molecule has 0 saturated carbocycles. The largest absolute Gasteiger partial charge is 0.489 e. The minimum absolute atomic E-state index is 0. The van der Waals surface area contributed by atoms with Crippen molar-refractivity contribution in [3.63, 3.8) is 0 Å². The zero-order chi connectivity index (χ0) is 28.4. The molecule has 3 atom stereocenters. The molecule has 4 heterocycles. The van der Waals surface area contributed by atoms with Gasteiger partial charge in [0, 0.05) is 77.1 Å². The van der Waals surface area contributed by atoms with Crippen LogP contribution in [0.4, 0.5) is 5.69 Å². The number of halogens is 3. The Balaban J connectivity index is 0.00000225. The second-order valence-electron chi connectivity index (χ2n) is 11.6. The van der Waals surface area contributed by atoms with Gasteiger partial charge >= 0.3 is 0 Å². The summed E-state index contributed by atoms with van der Waals surface area (Å²) in [5, 5.41) is 6.48. The van der Waals surface area contributed by atoms with Crippen LogP contribution >= 0.6 is 37.2 Å². The predicted octanol–water partition coefficient (Wildman–Crippen LogP) is 2.91. The van der Waals surface area contributed by atoms with Crippen molar-refractivity contribution in [1.29, 1.82) is 0 Å². The van der Waals surface area contributed by atoms with Gasteiger partial charge < -0.3 is 34.6 Å². The maximum absolute atomic E-state index is 13.1. The second kappa shape index (κ2) is 19.7. The van der Waals surface area contributed by atoms with E-state index < -0.39 is 0 Å². The Morgan fingerprint density at radius 3 is 2.70 bits per heavy atom. The van der Waals surface area contributed by atoms with Crippen LogP contribution in [-0.2, 0) is 25.6 Å². The molecule has 13 heteroatoms. The molecule has 3 fully saturated rings. The topological polar surface area (TPSA) is 95.6 Å². The summed E-state index contributed by atoms with van der Waals surface area (Å²) in [6.45, 7) is 9.23. The van der Waals surface area contributed by atoms with Crippen molar-refractivity contribution in [1.82, 2.24) is 20.4 Å². The van der Waals surface area contributed by atoms with Gasteiger partial charge in [-0.15, -0.1) is 37.2 Å². The maximum atomic E-state index is 13.1. The van der Waals surface area contributed by atoms with Gasteiger partial charge in [-0.3, -0.25) is 14.5 Å². The predicted molar refractivity (Wildman–Crippen MR) is 180 cm³/mol. The summed E-state index contributed by atoms with van der Waals surface area (Å²) in [5.41, 5.74) is 2.22. The van der Waals surface area contributed by atoms with Crippen molar-refractivity contribution in [3.8, 4) is 5.75 Å². The van der Waals surface area contributed by atoms with Crippen molar-refractivity contribution >= 4 is 54.7 Å². The highest BCUT2D eigenvalue weighted by atomic mass is 35.5. The molecule has 2 bridgehead atoms. The van der Waals surface area contributed by atoms with Crippen LogP contribution in [0.3, 0.4) is 0 Å². The number of nitrogens with one attached hydrogen (secondary N) is 2. The number of methoxy groups -OCH3 is 1. The highest BCUT2D eigenvalue weighted by Gasteiger charge is 2.31. The lowest BCUT2D eigenvalue weighted by molar-refractivity contribution is -0.132. The number of piperidine rings is 1. The van der Waals surface area contributed by atoms with Gasteiger partial charge in [-0.25, -0.2) is 0 Å². The minimum Gasteiger partial charge on any atom is -0.489 e. The summed E-state index contributed by atoms with van der Waals surface area (Å²) in [7, 11) is 1.76. The van der Waals surface area contributed by atoms with E-state index in [0.29, 0.717) is 45.2 Å². The highest BCUT2D eigenvalue weighted by molar-refractivity contribution is 5.86. The molecule has 1 aromatic carbocycles. The lowest BCUT2D eigenvalue weighted by atomic mass is 9.82. The zero-order valence-electron chi connectivity index (χ0n) is 25.7. The van der Waals surface area contributed by atoms with Crippen LogP contribution in [0.25, 0.3) is 0 Å². The molecule has 1 aromatic rings. The molecule has 0 aliphatic carbocycles. The van der Waals surface area contributed by atoms with Crippen LogP contribution in [0.2, 0.25) is 0 Å². The lowest BCUT2D eigenvalue weighted by Crippen LogP contribution is -2.47. The number of carbonyl (C=O) groups is 2. The molecular formula is C31H50Cl3N5O5. The first-order chi connectivity index (χ1) is 20.1. The van der Waals surface area contributed by atoms with Crippen LogP contribution in [0, 0.1) is 11.8 Å². The van der Waals surface area contributed by atoms with Gasteiger partial charge in [0.1, 0.15) is 12.4 Å². The third-order valence-corrected chi connectivity index (χ3v) is 8.88. The minimum atomic E-state index is 0. The fraction of sp³-hybridized carbons (Fsp3) is 0.677. The number of hydrogen-bond donors (Lipinski definition) is 2. The smallest absolute Gasteiger partial charge is 0.236 e. The van der Waals surface area contributed by atoms with E-state index in [1.807, 2.05) is 4.90 Å². The third-order valence-electron chi connectivity index (χ3n) is 8.88. The number of fused-ring (bicyclic) bond motifs is 3. The summed E-state index contributed by atoms with van der Waals surface area (Å²) in [6.07, 6.45) is 7.80. The first kappa shape index (κ1) is 38.4.